The lowest BCUT2D eigenvalue weighted by molar-refractivity contribution is 0.197. The van der Waals surface area contributed by atoms with Crippen molar-refractivity contribution in [2.45, 2.75) is 51.2 Å². The third-order valence-corrected chi connectivity index (χ3v) is 3.92. The van der Waals surface area contributed by atoms with Crippen LogP contribution in [0.4, 0.5) is 0 Å². The first-order valence-corrected chi connectivity index (χ1v) is 6.71. The second-order valence-corrected chi connectivity index (χ2v) is 5.46. The number of thioether (sulfide) groups is 1. The summed E-state index contributed by atoms with van der Waals surface area (Å²) < 4.78 is 0. The van der Waals surface area contributed by atoms with Crippen molar-refractivity contribution in [1.29, 1.82) is 0 Å². The standard InChI is InChI=1S/C12H20N2OS/c1-5-8(2)16-7-12-13-6-11(10(4)15)9(3)14-12/h6,8,10,15H,5,7H2,1-4H3/t8?,10-/m1/s1. The van der Waals surface area contributed by atoms with Crippen LogP contribution in [0.2, 0.25) is 0 Å². The first kappa shape index (κ1) is 13.5. The van der Waals surface area contributed by atoms with E-state index in [4.69, 9.17) is 0 Å². The van der Waals surface area contributed by atoms with Crippen LogP contribution in [0.3, 0.4) is 0 Å². The van der Waals surface area contributed by atoms with E-state index < -0.39 is 6.10 Å². The van der Waals surface area contributed by atoms with Crippen LogP contribution in [0, 0.1) is 6.92 Å². The lowest BCUT2D eigenvalue weighted by Crippen LogP contribution is -2.04. The van der Waals surface area contributed by atoms with Crippen molar-refractivity contribution in [2.24, 2.45) is 0 Å². The van der Waals surface area contributed by atoms with Gasteiger partial charge in [0.05, 0.1) is 11.9 Å². The van der Waals surface area contributed by atoms with Crippen LogP contribution in [0.5, 0.6) is 0 Å². The molecule has 1 heterocycles. The Kier molecular flexibility index (Phi) is 5.22. The zero-order valence-electron chi connectivity index (χ0n) is 10.4. The van der Waals surface area contributed by atoms with Crippen molar-refractivity contribution in [3.8, 4) is 0 Å². The van der Waals surface area contributed by atoms with Crippen molar-refractivity contribution < 1.29 is 5.11 Å². The number of aromatic nitrogens is 2. The molecule has 1 aromatic rings. The lowest BCUT2D eigenvalue weighted by Gasteiger charge is -2.10. The Morgan fingerprint density at radius 1 is 1.44 bits per heavy atom. The summed E-state index contributed by atoms with van der Waals surface area (Å²) in [4.78, 5) is 8.68. The molecule has 16 heavy (non-hydrogen) atoms. The Labute approximate surface area is 102 Å². The highest BCUT2D eigenvalue weighted by atomic mass is 32.2. The van der Waals surface area contributed by atoms with Crippen molar-refractivity contribution >= 4 is 11.8 Å². The van der Waals surface area contributed by atoms with Gasteiger partial charge in [0.1, 0.15) is 5.82 Å². The van der Waals surface area contributed by atoms with Gasteiger partial charge in [0.15, 0.2) is 0 Å². The number of aryl methyl sites for hydroxylation is 1. The summed E-state index contributed by atoms with van der Waals surface area (Å²) in [6.07, 6.45) is 2.41. The van der Waals surface area contributed by atoms with E-state index in [9.17, 15) is 5.11 Å². The second kappa shape index (κ2) is 6.21. The van der Waals surface area contributed by atoms with E-state index in [1.165, 1.54) is 0 Å². The fourth-order valence-electron chi connectivity index (χ4n) is 1.34. The molecule has 2 atom stereocenters. The normalized spacial score (nSPS) is 14.8. The summed E-state index contributed by atoms with van der Waals surface area (Å²) in [5.41, 5.74) is 1.70. The summed E-state index contributed by atoms with van der Waals surface area (Å²) in [5.74, 6) is 1.70. The fourth-order valence-corrected chi connectivity index (χ4v) is 2.15. The maximum Gasteiger partial charge on any atom is 0.138 e. The number of rotatable bonds is 5. The molecule has 1 unspecified atom stereocenters. The SMILES string of the molecule is CCC(C)SCc1ncc([C@@H](C)O)c(C)n1. The van der Waals surface area contributed by atoms with Crippen molar-refractivity contribution in [3.05, 3.63) is 23.3 Å². The molecule has 0 aliphatic carbocycles. The monoisotopic (exact) mass is 240 g/mol. The van der Waals surface area contributed by atoms with Gasteiger partial charge < -0.3 is 5.11 Å². The summed E-state index contributed by atoms with van der Waals surface area (Å²) >= 11 is 1.86. The molecule has 1 aromatic heterocycles. The maximum absolute atomic E-state index is 9.47. The second-order valence-electron chi connectivity index (χ2n) is 4.03. The summed E-state index contributed by atoms with van der Waals surface area (Å²) in [5, 5.41) is 10.1. The van der Waals surface area contributed by atoms with Crippen LogP contribution >= 0.6 is 11.8 Å². The van der Waals surface area contributed by atoms with Gasteiger partial charge in [0.25, 0.3) is 0 Å². The number of aliphatic hydroxyl groups is 1. The largest absolute Gasteiger partial charge is 0.389 e. The predicted octanol–water partition coefficient (Wildman–Crippen LogP) is 2.87. The van der Waals surface area contributed by atoms with Gasteiger partial charge in [-0.05, 0) is 20.3 Å². The van der Waals surface area contributed by atoms with E-state index in [-0.39, 0.29) is 0 Å². The average Bonchev–Trinajstić information content (AvgIpc) is 2.25. The molecule has 0 saturated carbocycles. The topological polar surface area (TPSA) is 46.0 Å². The Morgan fingerprint density at radius 2 is 2.12 bits per heavy atom. The smallest absolute Gasteiger partial charge is 0.138 e. The van der Waals surface area contributed by atoms with E-state index in [1.807, 2.05) is 18.7 Å². The minimum atomic E-state index is -0.490. The molecule has 0 radical (unpaired) electrons. The molecule has 0 fully saturated rings. The molecular formula is C12H20N2OS. The first-order valence-electron chi connectivity index (χ1n) is 5.66. The minimum Gasteiger partial charge on any atom is -0.389 e. The van der Waals surface area contributed by atoms with Crippen LogP contribution in [0.25, 0.3) is 0 Å². The van der Waals surface area contributed by atoms with Crippen molar-refractivity contribution in [3.63, 3.8) is 0 Å². The van der Waals surface area contributed by atoms with Crippen LogP contribution in [-0.2, 0) is 5.75 Å². The molecule has 0 aromatic carbocycles. The van der Waals surface area contributed by atoms with Gasteiger partial charge >= 0.3 is 0 Å². The maximum atomic E-state index is 9.47. The van der Waals surface area contributed by atoms with Crippen LogP contribution in [-0.4, -0.2) is 20.3 Å². The molecule has 1 N–H and O–H groups in total. The zero-order chi connectivity index (χ0) is 12.1. The molecule has 0 amide bonds. The van der Waals surface area contributed by atoms with Crippen LogP contribution in [0.1, 0.15) is 50.4 Å². The van der Waals surface area contributed by atoms with Gasteiger partial charge in [-0.15, -0.1) is 0 Å². The molecule has 0 spiro atoms. The van der Waals surface area contributed by atoms with Gasteiger partial charge in [0.2, 0.25) is 0 Å². The number of nitrogens with zero attached hydrogens (tertiary/aromatic N) is 2. The van der Waals surface area contributed by atoms with E-state index in [0.717, 1.165) is 29.3 Å². The predicted molar refractivity (Wildman–Crippen MR) is 68.5 cm³/mol. The molecular weight excluding hydrogens is 220 g/mol. The van der Waals surface area contributed by atoms with Crippen LogP contribution in [0.15, 0.2) is 6.20 Å². The first-order chi connectivity index (χ1) is 7.54. The highest BCUT2D eigenvalue weighted by Gasteiger charge is 2.08. The summed E-state index contributed by atoms with van der Waals surface area (Å²) in [6, 6.07) is 0. The fraction of sp³-hybridized carbons (Fsp3) is 0.667. The summed E-state index contributed by atoms with van der Waals surface area (Å²) in [7, 11) is 0. The zero-order valence-corrected chi connectivity index (χ0v) is 11.2. The highest BCUT2D eigenvalue weighted by molar-refractivity contribution is 7.99. The Morgan fingerprint density at radius 3 is 2.62 bits per heavy atom. The third-order valence-electron chi connectivity index (χ3n) is 2.59. The van der Waals surface area contributed by atoms with Gasteiger partial charge in [-0.2, -0.15) is 11.8 Å². The number of aliphatic hydroxyl groups excluding tert-OH is 1. The van der Waals surface area contributed by atoms with Gasteiger partial charge in [-0.1, -0.05) is 13.8 Å². The van der Waals surface area contributed by atoms with Gasteiger partial charge in [0, 0.05) is 22.7 Å². The van der Waals surface area contributed by atoms with E-state index in [2.05, 4.69) is 23.8 Å². The Balaban J connectivity index is 2.66. The van der Waals surface area contributed by atoms with Gasteiger partial charge in [-0.3, -0.25) is 0 Å². The molecule has 0 bridgehead atoms. The van der Waals surface area contributed by atoms with E-state index in [0.29, 0.717) is 5.25 Å². The molecule has 1 rings (SSSR count). The lowest BCUT2D eigenvalue weighted by atomic mass is 10.1. The van der Waals surface area contributed by atoms with Crippen molar-refractivity contribution in [1.82, 2.24) is 9.97 Å². The Bertz CT molecular complexity index is 342. The van der Waals surface area contributed by atoms with Crippen LogP contribution < -0.4 is 0 Å². The summed E-state index contributed by atoms with van der Waals surface area (Å²) in [6.45, 7) is 8.04. The highest BCUT2D eigenvalue weighted by Crippen LogP contribution is 2.19. The van der Waals surface area contributed by atoms with Gasteiger partial charge in [-0.25, -0.2) is 9.97 Å². The molecule has 0 aliphatic heterocycles. The Hall–Kier alpha value is -0.610. The van der Waals surface area contributed by atoms with E-state index in [1.54, 1.807) is 13.1 Å². The van der Waals surface area contributed by atoms with E-state index >= 15 is 0 Å². The molecule has 4 heteroatoms. The molecule has 0 aliphatic rings. The quantitative estimate of drug-likeness (QED) is 0.859. The molecule has 0 saturated heterocycles. The molecule has 90 valence electrons. The average molecular weight is 240 g/mol. The van der Waals surface area contributed by atoms with Crippen molar-refractivity contribution in [2.75, 3.05) is 0 Å². The minimum absolute atomic E-state index is 0.490. The third kappa shape index (κ3) is 3.76. The molecule has 3 nitrogen and oxygen atoms in total. The number of hydrogen-bond donors (Lipinski definition) is 1. The number of hydrogen-bond acceptors (Lipinski definition) is 4.